The fourth-order valence-corrected chi connectivity index (χ4v) is 2.08. The number of nitrogens with two attached hydrogens (primary N) is 1. The standard InChI is InChI=1S/C12H13BrN4O/c1-7-9(5-8(13)6-10(7)14)12(18)15-11-3-4-17(2)16-11/h3-6H,14H2,1-2H3,(H,15,16,18). The highest BCUT2D eigenvalue weighted by Gasteiger charge is 2.13. The maximum Gasteiger partial charge on any atom is 0.257 e. The zero-order valence-corrected chi connectivity index (χ0v) is 11.7. The zero-order chi connectivity index (χ0) is 13.3. The van der Waals surface area contributed by atoms with Gasteiger partial charge in [0.2, 0.25) is 0 Å². The molecule has 1 heterocycles. The highest BCUT2D eigenvalue weighted by atomic mass is 79.9. The summed E-state index contributed by atoms with van der Waals surface area (Å²) in [6.07, 6.45) is 1.76. The van der Waals surface area contributed by atoms with Crippen LogP contribution in [0.5, 0.6) is 0 Å². The Morgan fingerprint density at radius 1 is 1.50 bits per heavy atom. The summed E-state index contributed by atoms with van der Waals surface area (Å²) in [7, 11) is 1.79. The summed E-state index contributed by atoms with van der Waals surface area (Å²) in [4.78, 5) is 12.1. The van der Waals surface area contributed by atoms with Crippen LogP contribution in [0.1, 0.15) is 15.9 Å². The Hall–Kier alpha value is -1.82. The second kappa shape index (κ2) is 4.81. The first-order valence-corrected chi connectivity index (χ1v) is 6.13. The van der Waals surface area contributed by atoms with Gasteiger partial charge in [0.05, 0.1) is 0 Å². The number of aromatic nitrogens is 2. The molecule has 3 N–H and O–H groups in total. The van der Waals surface area contributed by atoms with Crippen molar-refractivity contribution >= 4 is 33.3 Å². The molecule has 0 saturated carbocycles. The van der Waals surface area contributed by atoms with Gasteiger partial charge in [-0.3, -0.25) is 9.48 Å². The number of hydrogen-bond acceptors (Lipinski definition) is 3. The van der Waals surface area contributed by atoms with Crippen molar-refractivity contribution < 1.29 is 4.79 Å². The second-order valence-electron chi connectivity index (χ2n) is 4.00. The monoisotopic (exact) mass is 308 g/mol. The number of nitrogens with zero attached hydrogens (tertiary/aromatic N) is 2. The summed E-state index contributed by atoms with van der Waals surface area (Å²) >= 11 is 3.33. The summed E-state index contributed by atoms with van der Waals surface area (Å²) < 4.78 is 2.40. The normalized spacial score (nSPS) is 10.4. The van der Waals surface area contributed by atoms with Crippen molar-refractivity contribution in [3.63, 3.8) is 0 Å². The van der Waals surface area contributed by atoms with Crippen molar-refractivity contribution in [1.29, 1.82) is 0 Å². The van der Waals surface area contributed by atoms with Crippen LogP contribution >= 0.6 is 15.9 Å². The Morgan fingerprint density at radius 2 is 2.22 bits per heavy atom. The molecule has 6 heteroatoms. The van der Waals surface area contributed by atoms with E-state index in [9.17, 15) is 4.79 Å². The summed E-state index contributed by atoms with van der Waals surface area (Å²) in [5.41, 5.74) is 7.70. The fourth-order valence-electron chi connectivity index (χ4n) is 1.60. The van der Waals surface area contributed by atoms with Crippen LogP contribution in [0.25, 0.3) is 0 Å². The topological polar surface area (TPSA) is 72.9 Å². The molecular formula is C12H13BrN4O. The van der Waals surface area contributed by atoms with E-state index in [2.05, 4.69) is 26.3 Å². The molecule has 0 saturated heterocycles. The van der Waals surface area contributed by atoms with Crippen molar-refractivity contribution in [3.05, 3.63) is 40.0 Å². The molecule has 5 nitrogen and oxygen atoms in total. The quantitative estimate of drug-likeness (QED) is 0.836. The van der Waals surface area contributed by atoms with Crippen LogP contribution in [0.4, 0.5) is 11.5 Å². The largest absolute Gasteiger partial charge is 0.398 e. The van der Waals surface area contributed by atoms with Crippen LogP contribution in [0.2, 0.25) is 0 Å². The first kappa shape index (κ1) is 12.6. The van der Waals surface area contributed by atoms with Crippen molar-refractivity contribution in [2.45, 2.75) is 6.92 Å². The Kier molecular flexibility index (Phi) is 3.38. The molecule has 94 valence electrons. The zero-order valence-electron chi connectivity index (χ0n) is 10.1. The third kappa shape index (κ3) is 2.53. The Bertz CT molecular complexity index is 606. The van der Waals surface area contributed by atoms with Gasteiger partial charge in [-0.15, -0.1) is 0 Å². The van der Waals surface area contributed by atoms with Crippen molar-refractivity contribution in [3.8, 4) is 0 Å². The van der Waals surface area contributed by atoms with Crippen molar-refractivity contribution in [2.24, 2.45) is 7.05 Å². The molecule has 0 spiro atoms. The highest BCUT2D eigenvalue weighted by Crippen LogP contribution is 2.23. The van der Waals surface area contributed by atoms with Gasteiger partial charge in [-0.25, -0.2) is 0 Å². The average molecular weight is 309 g/mol. The number of nitrogen functional groups attached to an aromatic ring is 1. The number of halogens is 1. The molecule has 0 aliphatic carbocycles. The lowest BCUT2D eigenvalue weighted by Gasteiger charge is -2.09. The molecular weight excluding hydrogens is 296 g/mol. The Labute approximate surface area is 113 Å². The minimum absolute atomic E-state index is 0.223. The first-order valence-electron chi connectivity index (χ1n) is 5.34. The van der Waals surface area contributed by atoms with Crippen LogP contribution in [0.15, 0.2) is 28.9 Å². The lowest BCUT2D eigenvalue weighted by molar-refractivity contribution is 0.102. The molecule has 0 unspecified atom stereocenters. The minimum atomic E-state index is -0.223. The molecule has 1 aromatic carbocycles. The molecule has 2 aromatic rings. The molecule has 0 fully saturated rings. The molecule has 1 amide bonds. The van der Waals surface area contributed by atoms with Crippen molar-refractivity contribution in [2.75, 3.05) is 11.1 Å². The minimum Gasteiger partial charge on any atom is -0.398 e. The third-order valence-corrected chi connectivity index (χ3v) is 3.07. The van der Waals surface area contributed by atoms with E-state index in [1.165, 1.54) is 0 Å². The van der Waals surface area contributed by atoms with Crippen LogP contribution in [-0.4, -0.2) is 15.7 Å². The van der Waals surface area contributed by atoms with E-state index < -0.39 is 0 Å². The van der Waals surface area contributed by atoms with Crippen LogP contribution in [0.3, 0.4) is 0 Å². The van der Waals surface area contributed by atoms with Gasteiger partial charge < -0.3 is 11.1 Å². The van der Waals surface area contributed by atoms with Crippen LogP contribution in [-0.2, 0) is 7.05 Å². The SMILES string of the molecule is Cc1c(N)cc(Br)cc1C(=O)Nc1ccn(C)n1. The summed E-state index contributed by atoms with van der Waals surface area (Å²) in [5.74, 6) is 0.291. The van der Waals surface area contributed by atoms with Crippen LogP contribution < -0.4 is 11.1 Å². The van der Waals surface area contributed by atoms with Gasteiger partial charge in [-0.1, -0.05) is 15.9 Å². The fraction of sp³-hybridized carbons (Fsp3) is 0.167. The van der Waals surface area contributed by atoms with Gasteiger partial charge in [-0.2, -0.15) is 5.10 Å². The van der Waals surface area contributed by atoms with Gasteiger partial charge in [0, 0.05) is 35.0 Å². The molecule has 0 atom stereocenters. The molecule has 1 aromatic heterocycles. The molecule has 18 heavy (non-hydrogen) atoms. The van der Waals surface area contributed by atoms with E-state index in [-0.39, 0.29) is 5.91 Å². The summed E-state index contributed by atoms with van der Waals surface area (Å²) in [6.45, 7) is 1.81. The van der Waals surface area contributed by atoms with Gasteiger partial charge in [0.25, 0.3) is 5.91 Å². The average Bonchev–Trinajstić information content (AvgIpc) is 2.69. The maximum absolute atomic E-state index is 12.1. The maximum atomic E-state index is 12.1. The number of anilines is 2. The third-order valence-electron chi connectivity index (χ3n) is 2.61. The Balaban J connectivity index is 2.29. The summed E-state index contributed by atoms with van der Waals surface area (Å²) in [5, 5.41) is 6.82. The van der Waals surface area contributed by atoms with Gasteiger partial charge in [0.1, 0.15) is 0 Å². The molecule has 2 rings (SSSR count). The van der Waals surface area contributed by atoms with Gasteiger partial charge in [0.15, 0.2) is 5.82 Å². The number of amides is 1. The molecule has 0 aliphatic heterocycles. The number of aryl methyl sites for hydroxylation is 1. The van der Waals surface area contributed by atoms with Crippen molar-refractivity contribution in [1.82, 2.24) is 9.78 Å². The lowest BCUT2D eigenvalue weighted by Crippen LogP contribution is -2.15. The number of benzene rings is 1. The van der Waals surface area contributed by atoms with Gasteiger partial charge >= 0.3 is 0 Å². The Morgan fingerprint density at radius 3 is 2.83 bits per heavy atom. The van der Waals surface area contributed by atoms with Crippen LogP contribution in [0, 0.1) is 6.92 Å². The second-order valence-corrected chi connectivity index (χ2v) is 4.91. The van der Waals surface area contributed by atoms with E-state index in [1.54, 1.807) is 36.1 Å². The number of rotatable bonds is 2. The smallest absolute Gasteiger partial charge is 0.257 e. The number of carbonyl (C=O) groups is 1. The molecule has 0 bridgehead atoms. The van der Waals surface area contributed by atoms with E-state index in [0.29, 0.717) is 17.1 Å². The highest BCUT2D eigenvalue weighted by molar-refractivity contribution is 9.10. The summed E-state index contributed by atoms with van der Waals surface area (Å²) in [6, 6.07) is 5.24. The van der Waals surface area contributed by atoms with E-state index in [1.807, 2.05) is 6.92 Å². The number of hydrogen-bond donors (Lipinski definition) is 2. The van der Waals surface area contributed by atoms with E-state index in [4.69, 9.17) is 5.73 Å². The number of carbonyl (C=O) groups excluding carboxylic acids is 1. The molecule has 0 radical (unpaired) electrons. The lowest BCUT2D eigenvalue weighted by atomic mass is 10.1. The van der Waals surface area contributed by atoms with E-state index in [0.717, 1.165) is 10.0 Å². The molecule has 0 aliphatic rings. The van der Waals surface area contributed by atoms with E-state index >= 15 is 0 Å². The first-order chi connectivity index (χ1) is 8.47. The van der Waals surface area contributed by atoms with Gasteiger partial charge in [-0.05, 0) is 24.6 Å². The number of nitrogens with one attached hydrogen (secondary N) is 1. The predicted molar refractivity (Wildman–Crippen MR) is 74.5 cm³/mol. The predicted octanol–water partition coefficient (Wildman–Crippen LogP) is 2.33.